The Morgan fingerprint density at radius 3 is 2.36 bits per heavy atom. The topological polar surface area (TPSA) is 51.5 Å². The first-order valence-corrected chi connectivity index (χ1v) is 6.44. The third kappa shape index (κ3) is 4.28. The Morgan fingerprint density at radius 2 is 1.86 bits per heavy atom. The molecular weight excluding hydrogens is 299 g/mol. The van der Waals surface area contributed by atoms with Crippen LogP contribution < -0.4 is 10.1 Å². The van der Waals surface area contributed by atoms with Gasteiger partial charge >= 0.3 is 6.36 Å². The third-order valence-electron chi connectivity index (χ3n) is 2.93. The highest BCUT2D eigenvalue weighted by Crippen LogP contribution is 2.22. The molecule has 1 N–H and O–H groups in total. The molecule has 118 valence electrons. The molecule has 2 aromatic rings. The second kappa shape index (κ2) is 6.13. The molecule has 0 spiro atoms. The number of hydrogen-bond donors (Lipinski definition) is 1. The van der Waals surface area contributed by atoms with Gasteiger partial charge in [0.25, 0.3) is 5.91 Å². The summed E-state index contributed by atoms with van der Waals surface area (Å²) >= 11 is 0. The van der Waals surface area contributed by atoms with Crippen LogP contribution in [0.25, 0.3) is 0 Å². The summed E-state index contributed by atoms with van der Waals surface area (Å²) in [5.41, 5.74) is 1.09. The Morgan fingerprint density at radius 1 is 1.23 bits per heavy atom. The minimum atomic E-state index is -4.75. The molecule has 0 aliphatic heterocycles. The van der Waals surface area contributed by atoms with Crippen molar-refractivity contribution in [1.29, 1.82) is 0 Å². The third-order valence-corrected chi connectivity index (χ3v) is 2.93. The van der Waals surface area contributed by atoms with E-state index < -0.39 is 12.3 Å². The van der Waals surface area contributed by atoms with Gasteiger partial charge in [0.2, 0.25) is 0 Å². The lowest BCUT2D eigenvalue weighted by Gasteiger charge is -2.09. The average molecular weight is 313 g/mol. The van der Waals surface area contributed by atoms with Gasteiger partial charge in [-0.1, -0.05) is 0 Å². The Hall–Kier alpha value is -2.44. The minimum absolute atomic E-state index is 0.243. The molecule has 0 aliphatic rings. The van der Waals surface area contributed by atoms with E-state index in [0.717, 1.165) is 23.5 Å². The van der Waals surface area contributed by atoms with E-state index in [-0.39, 0.29) is 17.9 Å². The van der Waals surface area contributed by atoms with E-state index in [0.29, 0.717) is 5.76 Å². The van der Waals surface area contributed by atoms with Crippen molar-refractivity contribution in [2.24, 2.45) is 0 Å². The number of aryl methyl sites for hydroxylation is 2. The number of halogens is 3. The lowest BCUT2D eigenvalue weighted by Crippen LogP contribution is -2.23. The van der Waals surface area contributed by atoms with E-state index in [4.69, 9.17) is 4.42 Å². The van der Waals surface area contributed by atoms with Crippen LogP contribution in [0.1, 0.15) is 27.4 Å². The lowest BCUT2D eigenvalue weighted by atomic mass is 10.2. The maximum atomic E-state index is 12.0. The molecule has 1 aromatic carbocycles. The summed E-state index contributed by atoms with van der Waals surface area (Å²) in [5.74, 6) is 0.698. The number of benzene rings is 1. The van der Waals surface area contributed by atoms with Crippen LogP contribution in [-0.4, -0.2) is 12.3 Å². The molecule has 4 nitrogen and oxygen atoms in total. The highest BCUT2D eigenvalue weighted by Gasteiger charge is 2.31. The van der Waals surface area contributed by atoms with Gasteiger partial charge in [0, 0.05) is 17.7 Å². The summed E-state index contributed by atoms with van der Waals surface area (Å²) in [5, 5.41) is 2.68. The Bertz CT molecular complexity index is 660. The molecule has 0 saturated heterocycles. The largest absolute Gasteiger partial charge is 0.573 e. The van der Waals surface area contributed by atoms with Gasteiger partial charge in [0.05, 0.1) is 0 Å². The predicted octanol–water partition coefficient (Wildman–Crippen LogP) is 3.73. The Balaban J connectivity index is 1.96. The van der Waals surface area contributed by atoms with Crippen LogP contribution in [-0.2, 0) is 6.54 Å². The molecule has 0 fully saturated rings. The van der Waals surface area contributed by atoms with Crippen molar-refractivity contribution in [2.75, 3.05) is 0 Å². The van der Waals surface area contributed by atoms with Gasteiger partial charge < -0.3 is 14.5 Å². The highest BCUT2D eigenvalue weighted by molar-refractivity contribution is 5.94. The van der Waals surface area contributed by atoms with E-state index >= 15 is 0 Å². The Kier molecular flexibility index (Phi) is 4.44. The molecule has 0 unspecified atom stereocenters. The van der Waals surface area contributed by atoms with Crippen molar-refractivity contribution in [1.82, 2.24) is 5.32 Å². The van der Waals surface area contributed by atoms with E-state index in [1.54, 1.807) is 13.8 Å². The number of alkyl halides is 3. The first-order valence-electron chi connectivity index (χ1n) is 6.44. The molecule has 1 aromatic heterocycles. The summed E-state index contributed by atoms with van der Waals surface area (Å²) in [4.78, 5) is 11.9. The number of furan rings is 1. The molecule has 0 atom stereocenters. The molecule has 7 heteroatoms. The fourth-order valence-electron chi connectivity index (χ4n) is 1.94. The summed E-state index contributed by atoms with van der Waals surface area (Å²) in [6.45, 7) is 3.87. The van der Waals surface area contributed by atoms with Gasteiger partial charge in [0.1, 0.15) is 17.3 Å². The van der Waals surface area contributed by atoms with E-state index in [2.05, 4.69) is 10.1 Å². The van der Waals surface area contributed by atoms with Gasteiger partial charge in [0.15, 0.2) is 0 Å². The maximum Gasteiger partial charge on any atom is 0.573 e. The van der Waals surface area contributed by atoms with Crippen molar-refractivity contribution in [3.05, 3.63) is 53.0 Å². The molecular formula is C15H14F3NO3. The molecule has 22 heavy (non-hydrogen) atoms. The zero-order chi connectivity index (χ0) is 16.3. The van der Waals surface area contributed by atoms with Crippen LogP contribution in [0.4, 0.5) is 13.2 Å². The number of hydrogen-bond acceptors (Lipinski definition) is 3. The van der Waals surface area contributed by atoms with Crippen LogP contribution in [0.3, 0.4) is 0 Å². The van der Waals surface area contributed by atoms with Gasteiger partial charge in [-0.3, -0.25) is 4.79 Å². The van der Waals surface area contributed by atoms with Crippen LogP contribution in [0.2, 0.25) is 0 Å². The first-order chi connectivity index (χ1) is 10.2. The first kappa shape index (κ1) is 15.9. The average Bonchev–Trinajstić information content (AvgIpc) is 2.73. The quantitative estimate of drug-likeness (QED) is 0.936. The number of rotatable bonds is 4. The van der Waals surface area contributed by atoms with Gasteiger partial charge in [-0.2, -0.15) is 0 Å². The molecule has 0 saturated carbocycles. The molecule has 0 radical (unpaired) electrons. The second-order valence-corrected chi connectivity index (χ2v) is 4.69. The van der Waals surface area contributed by atoms with Crippen molar-refractivity contribution in [2.45, 2.75) is 26.8 Å². The number of ether oxygens (including phenoxy) is 1. The van der Waals surface area contributed by atoms with Crippen molar-refractivity contribution >= 4 is 5.91 Å². The molecule has 1 amide bonds. The predicted molar refractivity (Wildman–Crippen MR) is 72.5 cm³/mol. The minimum Gasteiger partial charge on any atom is -0.466 e. The van der Waals surface area contributed by atoms with Crippen LogP contribution in [0, 0.1) is 13.8 Å². The number of carbonyl (C=O) groups excluding carboxylic acids is 1. The number of carbonyl (C=O) groups is 1. The molecule has 1 heterocycles. The maximum absolute atomic E-state index is 12.0. The van der Waals surface area contributed by atoms with Crippen LogP contribution >= 0.6 is 0 Å². The van der Waals surface area contributed by atoms with E-state index in [1.807, 2.05) is 6.07 Å². The number of amides is 1. The zero-order valence-corrected chi connectivity index (χ0v) is 12.0. The van der Waals surface area contributed by atoms with Crippen molar-refractivity contribution in [3.8, 4) is 5.75 Å². The fraction of sp³-hybridized carbons (Fsp3) is 0.267. The van der Waals surface area contributed by atoms with Gasteiger partial charge in [-0.05, 0) is 44.2 Å². The fourth-order valence-corrected chi connectivity index (χ4v) is 1.94. The second-order valence-electron chi connectivity index (χ2n) is 4.69. The summed E-state index contributed by atoms with van der Waals surface area (Å²) in [6, 6.07) is 6.54. The number of nitrogens with one attached hydrogen (secondary N) is 1. The highest BCUT2D eigenvalue weighted by atomic mass is 19.4. The zero-order valence-electron chi connectivity index (χ0n) is 12.0. The molecule has 2 rings (SSSR count). The summed E-state index contributed by atoms with van der Waals surface area (Å²) in [7, 11) is 0. The lowest BCUT2D eigenvalue weighted by molar-refractivity contribution is -0.274. The van der Waals surface area contributed by atoms with Crippen molar-refractivity contribution < 1.29 is 27.1 Å². The Labute approximate surface area is 124 Å². The smallest absolute Gasteiger partial charge is 0.466 e. The van der Waals surface area contributed by atoms with E-state index in [1.165, 1.54) is 12.1 Å². The van der Waals surface area contributed by atoms with Gasteiger partial charge in [-0.15, -0.1) is 13.2 Å². The van der Waals surface area contributed by atoms with Crippen molar-refractivity contribution in [3.63, 3.8) is 0 Å². The van der Waals surface area contributed by atoms with Gasteiger partial charge in [-0.25, -0.2) is 0 Å². The standard InChI is InChI=1S/C15H14F3NO3/c1-9-7-12(10(2)21-9)8-19-14(20)11-3-5-13(6-4-11)22-15(16,17)18/h3-7H,8H2,1-2H3,(H,19,20). The summed E-state index contributed by atoms with van der Waals surface area (Å²) < 4.78 is 45.2. The monoisotopic (exact) mass is 313 g/mol. The SMILES string of the molecule is Cc1cc(CNC(=O)c2ccc(OC(F)(F)F)cc2)c(C)o1. The van der Waals surface area contributed by atoms with Crippen LogP contribution in [0.15, 0.2) is 34.7 Å². The molecule has 0 aliphatic carbocycles. The van der Waals surface area contributed by atoms with E-state index in [9.17, 15) is 18.0 Å². The molecule has 0 bridgehead atoms. The normalized spacial score (nSPS) is 11.3. The summed E-state index contributed by atoms with van der Waals surface area (Å²) in [6.07, 6.45) is -4.75. The van der Waals surface area contributed by atoms with Crippen LogP contribution in [0.5, 0.6) is 5.75 Å².